The quantitative estimate of drug-likeness (QED) is 0.786. The molecular weight excluding hydrogens is 323 g/mol. The SMILES string of the molecule is O=C(Nc1ccccc1F)C1CN(c2cc(-n3ccnc3)ncn2)C1. The lowest BCUT2D eigenvalue weighted by atomic mass is 9.99. The fourth-order valence-electron chi connectivity index (χ4n) is 2.67. The molecule has 0 saturated carbocycles. The molecule has 2 aromatic heterocycles. The summed E-state index contributed by atoms with van der Waals surface area (Å²) >= 11 is 0. The third-order valence-corrected chi connectivity index (χ3v) is 4.12. The van der Waals surface area contributed by atoms with Gasteiger partial charge in [-0.3, -0.25) is 9.36 Å². The van der Waals surface area contributed by atoms with Crippen molar-refractivity contribution in [2.24, 2.45) is 5.92 Å². The Bertz CT molecular complexity index is 892. The molecule has 1 aromatic carbocycles. The average molecular weight is 338 g/mol. The van der Waals surface area contributed by atoms with Gasteiger partial charge in [-0.15, -0.1) is 0 Å². The van der Waals surface area contributed by atoms with Crippen molar-refractivity contribution in [1.82, 2.24) is 19.5 Å². The van der Waals surface area contributed by atoms with Gasteiger partial charge >= 0.3 is 0 Å². The molecule has 1 saturated heterocycles. The van der Waals surface area contributed by atoms with Crippen LogP contribution in [0.1, 0.15) is 0 Å². The van der Waals surface area contributed by atoms with Gasteiger partial charge in [-0.25, -0.2) is 19.3 Å². The summed E-state index contributed by atoms with van der Waals surface area (Å²) in [6, 6.07) is 7.98. The van der Waals surface area contributed by atoms with E-state index in [0.29, 0.717) is 18.9 Å². The Labute approximate surface area is 143 Å². The Morgan fingerprint density at radius 2 is 2.00 bits per heavy atom. The molecule has 1 N–H and O–H groups in total. The van der Waals surface area contributed by atoms with Crippen LogP contribution in [0.2, 0.25) is 0 Å². The molecule has 1 amide bonds. The van der Waals surface area contributed by atoms with Crippen LogP contribution in [0, 0.1) is 11.7 Å². The Hall–Kier alpha value is -3.29. The van der Waals surface area contributed by atoms with Gasteiger partial charge in [-0.05, 0) is 12.1 Å². The van der Waals surface area contributed by atoms with Crippen LogP contribution in [0.3, 0.4) is 0 Å². The summed E-state index contributed by atoms with van der Waals surface area (Å²) in [6.07, 6.45) is 6.62. The number of benzene rings is 1. The Balaban J connectivity index is 1.40. The van der Waals surface area contributed by atoms with Crippen LogP contribution in [0.15, 0.2) is 55.4 Å². The summed E-state index contributed by atoms with van der Waals surface area (Å²) in [5, 5.41) is 2.63. The topological polar surface area (TPSA) is 75.9 Å². The van der Waals surface area contributed by atoms with Crippen molar-refractivity contribution in [2.75, 3.05) is 23.3 Å². The molecule has 0 bridgehead atoms. The molecule has 25 heavy (non-hydrogen) atoms. The first-order chi connectivity index (χ1) is 12.2. The number of carbonyl (C=O) groups excluding carboxylic acids is 1. The summed E-state index contributed by atoms with van der Waals surface area (Å²) < 4.78 is 15.4. The molecule has 8 heteroatoms. The minimum Gasteiger partial charge on any atom is -0.355 e. The van der Waals surface area contributed by atoms with E-state index >= 15 is 0 Å². The number of hydrogen-bond acceptors (Lipinski definition) is 5. The highest BCUT2D eigenvalue weighted by molar-refractivity contribution is 5.94. The first-order valence-electron chi connectivity index (χ1n) is 7.81. The summed E-state index contributed by atoms with van der Waals surface area (Å²) in [5.41, 5.74) is 0.204. The van der Waals surface area contributed by atoms with Gasteiger partial charge in [0.1, 0.15) is 30.1 Å². The number of para-hydroxylation sites is 1. The molecule has 4 rings (SSSR count). The van der Waals surface area contributed by atoms with Gasteiger partial charge in [0.25, 0.3) is 0 Å². The number of rotatable bonds is 4. The number of nitrogens with one attached hydrogen (secondary N) is 1. The zero-order valence-corrected chi connectivity index (χ0v) is 13.2. The average Bonchev–Trinajstić information content (AvgIpc) is 3.10. The van der Waals surface area contributed by atoms with Gasteiger partial charge in [-0.2, -0.15) is 0 Å². The zero-order valence-electron chi connectivity index (χ0n) is 13.2. The lowest BCUT2D eigenvalue weighted by Crippen LogP contribution is -2.52. The van der Waals surface area contributed by atoms with E-state index in [4.69, 9.17) is 0 Å². The van der Waals surface area contributed by atoms with Gasteiger partial charge in [0, 0.05) is 31.5 Å². The maximum absolute atomic E-state index is 13.6. The highest BCUT2D eigenvalue weighted by Crippen LogP contribution is 2.25. The monoisotopic (exact) mass is 338 g/mol. The molecule has 126 valence electrons. The number of aromatic nitrogens is 4. The van der Waals surface area contributed by atoms with E-state index < -0.39 is 5.82 Å². The highest BCUT2D eigenvalue weighted by atomic mass is 19.1. The summed E-state index contributed by atoms with van der Waals surface area (Å²) in [7, 11) is 0. The molecule has 3 aromatic rings. The summed E-state index contributed by atoms with van der Waals surface area (Å²) in [5.74, 6) is 0.625. The Morgan fingerprint density at radius 3 is 2.76 bits per heavy atom. The normalized spacial score (nSPS) is 14.2. The number of halogens is 1. The Kier molecular flexibility index (Phi) is 3.85. The van der Waals surface area contributed by atoms with Crippen LogP contribution in [-0.4, -0.2) is 38.5 Å². The fraction of sp³-hybridized carbons (Fsp3) is 0.176. The van der Waals surface area contributed by atoms with Gasteiger partial charge < -0.3 is 10.2 Å². The second-order valence-corrected chi connectivity index (χ2v) is 5.78. The first-order valence-corrected chi connectivity index (χ1v) is 7.81. The van der Waals surface area contributed by atoms with Crippen molar-refractivity contribution >= 4 is 17.4 Å². The van der Waals surface area contributed by atoms with Crippen molar-refractivity contribution in [3.8, 4) is 5.82 Å². The number of amides is 1. The lowest BCUT2D eigenvalue weighted by molar-refractivity contribution is -0.120. The molecule has 0 unspecified atom stereocenters. The Morgan fingerprint density at radius 1 is 1.20 bits per heavy atom. The summed E-state index contributed by atoms with van der Waals surface area (Å²) in [6.45, 7) is 1.06. The third-order valence-electron chi connectivity index (χ3n) is 4.12. The van der Waals surface area contributed by atoms with Crippen LogP contribution in [0.5, 0.6) is 0 Å². The predicted octanol–water partition coefficient (Wildman–Crippen LogP) is 1.88. The smallest absolute Gasteiger partial charge is 0.231 e. The van der Waals surface area contributed by atoms with Crippen molar-refractivity contribution in [1.29, 1.82) is 0 Å². The molecule has 0 atom stereocenters. The predicted molar refractivity (Wildman–Crippen MR) is 89.9 cm³/mol. The minimum atomic E-state index is -0.437. The number of imidazole rings is 1. The van der Waals surface area contributed by atoms with Crippen LogP contribution < -0.4 is 10.2 Å². The minimum absolute atomic E-state index is 0.190. The first kappa shape index (κ1) is 15.3. The highest BCUT2D eigenvalue weighted by Gasteiger charge is 2.34. The van der Waals surface area contributed by atoms with Crippen LogP contribution in [0.25, 0.3) is 5.82 Å². The molecule has 0 radical (unpaired) electrons. The maximum Gasteiger partial charge on any atom is 0.231 e. The molecule has 1 fully saturated rings. The largest absolute Gasteiger partial charge is 0.355 e. The number of anilines is 2. The van der Waals surface area contributed by atoms with Gasteiger partial charge in [-0.1, -0.05) is 12.1 Å². The van der Waals surface area contributed by atoms with Crippen LogP contribution in [0.4, 0.5) is 15.9 Å². The van der Waals surface area contributed by atoms with E-state index in [2.05, 4.69) is 20.3 Å². The van der Waals surface area contributed by atoms with Crippen molar-refractivity contribution in [2.45, 2.75) is 0 Å². The summed E-state index contributed by atoms with van der Waals surface area (Å²) in [4.78, 5) is 26.7. The molecular formula is C17H15FN6O. The van der Waals surface area contributed by atoms with E-state index in [1.807, 2.05) is 11.0 Å². The van der Waals surface area contributed by atoms with Crippen LogP contribution in [-0.2, 0) is 4.79 Å². The van der Waals surface area contributed by atoms with Crippen LogP contribution >= 0.6 is 0 Å². The molecule has 7 nitrogen and oxygen atoms in total. The standard InChI is InChI=1S/C17H15FN6O/c18-13-3-1-2-4-14(13)22-17(25)12-8-24(9-12)16-7-15(20-10-21-16)23-6-5-19-11-23/h1-7,10-12H,8-9H2,(H,22,25). The fourth-order valence-corrected chi connectivity index (χ4v) is 2.67. The molecule has 0 aliphatic carbocycles. The molecule has 1 aliphatic heterocycles. The molecule has 0 spiro atoms. The number of carbonyl (C=O) groups is 1. The van der Waals surface area contributed by atoms with E-state index in [-0.39, 0.29) is 17.5 Å². The molecule has 1 aliphatic rings. The van der Waals surface area contributed by atoms with E-state index in [1.165, 1.54) is 12.4 Å². The number of hydrogen-bond donors (Lipinski definition) is 1. The zero-order chi connectivity index (χ0) is 17.2. The lowest BCUT2D eigenvalue weighted by Gasteiger charge is -2.39. The van der Waals surface area contributed by atoms with Gasteiger partial charge in [0.05, 0.1) is 11.6 Å². The second kappa shape index (κ2) is 6.31. The maximum atomic E-state index is 13.6. The van der Waals surface area contributed by atoms with Gasteiger partial charge in [0.15, 0.2) is 0 Å². The van der Waals surface area contributed by atoms with E-state index in [0.717, 1.165) is 5.82 Å². The van der Waals surface area contributed by atoms with Crippen molar-refractivity contribution < 1.29 is 9.18 Å². The second-order valence-electron chi connectivity index (χ2n) is 5.78. The number of nitrogens with zero attached hydrogens (tertiary/aromatic N) is 5. The molecule has 3 heterocycles. The van der Waals surface area contributed by atoms with Crippen molar-refractivity contribution in [3.05, 3.63) is 61.2 Å². The van der Waals surface area contributed by atoms with Crippen molar-refractivity contribution in [3.63, 3.8) is 0 Å². The van der Waals surface area contributed by atoms with E-state index in [9.17, 15) is 9.18 Å². The third kappa shape index (κ3) is 3.06. The van der Waals surface area contributed by atoms with Gasteiger partial charge in [0.2, 0.25) is 5.91 Å². The van der Waals surface area contributed by atoms with E-state index in [1.54, 1.807) is 41.5 Å².